The number of rotatable bonds is 4. The van der Waals surface area contributed by atoms with Gasteiger partial charge >= 0.3 is 0 Å². The molecule has 0 heterocycles. The third-order valence-electron chi connectivity index (χ3n) is 2.24. The molecule has 1 rings (SSSR count). The van der Waals surface area contributed by atoms with Gasteiger partial charge in [-0.05, 0) is 26.0 Å². The molecule has 4 nitrogen and oxygen atoms in total. The first-order valence-electron chi connectivity index (χ1n) is 4.96. The van der Waals surface area contributed by atoms with E-state index in [-0.39, 0.29) is 6.61 Å². The fourth-order valence-electron chi connectivity index (χ4n) is 1.13. The van der Waals surface area contributed by atoms with Crippen LogP contribution >= 0.6 is 0 Å². The first-order chi connectivity index (χ1) is 7.88. The molecule has 94 valence electrons. The quantitative estimate of drug-likeness (QED) is 0.477. The van der Waals surface area contributed by atoms with Crippen LogP contribution in [0.5, 0.6) is 5.75 Å². The molecular weight excluding hydrogens is 230 g/mol. The third kappa shape index (κ3) is 3.13. The maximum atomic E-state index is 13.2. The summed E-state index contributed by atoms with van der Waals surface area (Å²) < 4.78 is 31.4. The van der Waals surface area contributed by atoms with E-state index in [2.05, 4.69) is 0 Å². The maximum absolute atomic E-state index is 13.2. The minimum atomic E-state index is -0.983. The topological polar surface area (TPSA) is 64.3 Å². The monoisotopic (exact) mass is 244 g/mol. The number of hydrogen-bond donors (Lipinski definition) is 2. The summed E-state index contributed by atoms with van der Waals surface area (Å²) in [4.78, 5) is 11.3. The van der Waals surface area contributed by atoms with Crippen LogP contribution in [-0.4, -0.2) is 12.5 Å². The zero-order chi connectivity index (χ0) is 13.1. The van der Waals surface area contributed by atoms with Crippen molar-refractivity contribution in [3.8, 4) is 5.75 Å². The van der Waals surface area contributed by atoms with Gasteiger partial charge in [0.25, 0.3) is 0 Å². The Bertz CT molecular complexity index is 402. The molecule has 6 heteroatoms. The number of nitrogens with one attached hydrogen (secondary N) is 1. The number of carbonyl (C=O) groups excluding carboxylic acids is 1. The van der Waals surface area contributed by atoms with Crippen LogP contribution in [0.1, 0.15) is 13.8 Å². The van der Waals surface area contributed by atoms with Crippen molar-refractivity contribution >= 4 is 5.91 Å². The van der Waals surface area contributed by atoms with Crippen LogP contribution in [-0.2, 0) is 4.79 Å². The number of benzene rings is 1. The summed E-state index contributed by atoms with van der Waals surface area (Å²) in [5.41, 5.74) is 0.982. The van der Waals surface area contributed by atoms with Gasteiger partial charge in [0.2, 0.25) is 5.91 Å². The second-order valence-electron chi connectivity index (χ2n) is 4.20. The molecule has 0 aliphatic heterocycles. The Labute approximate surface area is 97.7 Å². The molecule has 0 saturated carbocycles. The Kier molecular flexibility index (Phi) is 4.01. The highest BCUT2D eigenvalue weighted by Crippen LogP contribution is 2.24. The number of para-hydroxylation sites is 1. The fraction of sp³-hybridized carbons (Fsp3) is 0.364. The highest BCUT2D eigenvalue weighted by atomic mass is 19.1. The smallest absolute Gasteiger partial charge is 0.242 e. The Hall–Kier alpha value is -1.69. The lowest BCUT2D eigenvalue weighted by Gasteiger charge is -2.22. The van der Waals surface area contributed by atoms with Gasteiger partial charge in [-0.3, -0.25) is 10.2 Å². The van der Waals surface area contributed by atoms with Gasteiger partial charge in [-0.2, -0.15) is 0 Å². The van der Waals surface area contributed by atoms with Crippen molar-refractivity contribution in [3.05, 3.63) is 29.8 Å². The van der Waals surface area contributed by atoms with E-state index in [1.54, 1.807) is 13.8 Å². The van der Waals surface area contributed by atoms with Gasteiger partial charge in [-0.15, -0.1) is 0 Å². The van der Waals surface area contributed by atoms with Crippen molar-refractivity contribution in [2.24, 2.45) is 11.3 Å². The van der Waals surface area contributed by atoms with Crippen LogP contribution in [0.2, 0.25) is 0 Å². The Morgan fingerprint density at radius 3 is 2.41 bits per heavy atom. The predicted octanol–water partition coefficient (Wildman–Crippen LogP) is 1.36. The highest BCUT2D eigenvalue weighted by Gasteiger charge is 2.28. The van der Waals surface area contributed by atoms with E-state index >= 15 is 0 Å². The molecule has 0 radical (unpaired) electrons. The molecule has 0 unspecified atom stereocenters. The lowest BCUT2D eigenvalue weighted by molar-refractivity contribution is -0.130. The van der Waals surface area contributed by atoms with E-state index in [9.17, 15) is 13.6 Å². The van der Waals surface area contributed by atoms with Crippen molar-refractivity contribution in [2.75, 3.05) is 6.61 Å². The summed E-state index contributed by atoms with van der Waals surface area (Å²) in [7, 11) is 0. The van der Waals surface area contributed by atoms with Gasteiger partial charge in [0, 0.05) is 0 Å². The SMILES string of the molecule is CC(C)(COc1c(F)cccc1F)C(=O)NN. The number of carbonyl (C=O) groups is 1. The summed E-state index contributed by atoms with van der Waals surface area (Å²) in [6.07, 6.45) is 0. The molecule has 0 fully saturated rings. The molecule has 0 aromatic heterocycles. The average molecular weight is 244 g/mol. The zero-order valence-electron chi connectivity index (χ0n) is 9.59. The number of halogens is 2. The van der Waals surface area contributed by atoms with Gasteiger partial charge in [0.15, 0.2) is 17.4 Å². The summed E-state index contributed by atoms with van der Waals surface area (Å²) >= 11 is 0. The van der Waals surface area contributed by atoms with Crippen molar-refractivity contribution in [3.63, 3.8) is 0 Å². The predicted molar refractivity (Wildman–Crippen MR) is 58.0 cm³/mol. The summed E-state index contributed by atoms with van der Waals surface area (Å²) in [6, 6.07) is 3.39. The van der Waals surface area contributed by atoms with Gasteiger partial charge < -0.3 is 4.74 Å². The Balaban J connectivity index is 2.77. The summed E-state index contributed by atoms with van der Waals surface area (Å²) in [6.45, 7) is 2.91. The highest BCUT2D eigenvalue weighted by molar-refractivity contribution is 5.81. The number of amides is 1. The molecule has 0 bridgehead atoms. The molecule has 0 aliphatic rings. The maximum Gasteiger partial charge on any atom is 0.242 e. The molecule has 0 atom stereocenters. The summed E-state index contributed by atoms with van der Waals surface area (Å²) in [5.74, 6) is 2.39. The van der Waals surface area contributed by atoms with Gasteiger partial charge in [0.1, 0.15) is 6.61 Å². The van der Waals surface area contributed by atoms with E-state index in [0.29, 0.717) is 0 Å². The van der Waals surface area contributed by atoms with E-state index in [1.165, 1.54) is 6.07 Å². The van der Waals surface area contributed by atoms with E-state index in [0.717, 1.165) is 12.1 Å². The van der Waals surface area contributed by atoms with Crippen LogP contribution in [0.15, 0.2) is 18.2 Å². The average Bonchev–Trinajstić information content (AvgIpc) is 2.27. The molecule has 17 heavy (non-hydrogen) atoms. The zero-order valence-corrected chi connectivity index (χ0v) is 9.59. The lowest BCUT2D eigenvalue weighted by Crippen LogP contribution is -2.44. The molecule has 1 aromatic carbocycles. The van der Waals surface area contributed by atoms with E-state index in [4.69, 9.17) is 10.6 Å². The van der Waals surface area contributed by atoms with Gasteiger partial charge in [-0.1, -0.05) is 6.07 Å². The third-order valence-corrected chi connectivity index (χ3v) is 2.24. The Morgan fingerprint density at radius 1 is 1.41 bits per heavy atom. The van der Waals surface area contributed by atoms with E-state index < -0.39 is 28.7 Å². The molecular formula is C11H14F2N2O2. The second kappa shape index (κ2) is 5.09. The van der Waals surface area contributed by atoms with Crippen LogP contribution in [0.4, 0.5) is 8.78 Å². The van der Waals surface area contributed by atoms with Crippen molar-refractivity contribution < 1.29 is 18.3 Å². The first kappa shape index (κ1) is 13.4. The lowest BCUT2D eigenvalue weighted by atomic mass is 9.94. The van der Waals surface area contributed by atoms with Crippen molar-refractivity contribution in [1.82, 2.24) is 5.43 Å². The molecule has 0 aliphatic carbocycles. The normalized spacial score (nSPS) is 11.1. The summed E-state index contributed by atoms with van der Waals surface area (Å²) in [5, 5.41) is 0. The molecule has 0 spiro atoms. The Morgan fingerprint density at radius 2 is 1.94 bits per heavy atom. The van der Waals surface area contributed by atoms with Crippen molar-refractivity contribution in [1.29, 1.82) is 0 Å². The standard InChI is InChI=1S/C11H14F2N2O2/c1-11(2,10(16)15-14)6-17-9-7(12)4-3-5-8(9)13/h3-5H,6,14H2,1-2H3,(H,15,16). The first-order valence-corrected chi connectivity index (χ1v) is 4.96. The molecule has 0 saturated heterocycles. The van der Waals surface area contributed by atoms with Crippen LogP contribution in [0, 0.1) is 17.0 Å². The molecule has 3 N–H and O–H groups in total. The minimum Gasteiger partial charge on any atom is -0.486 e. The van der Waals surface area contributed by atoms with Crippen molar-refractivity contribution in [2.45, 2.75) is 13.8 Å². The van der Waals surface area contributed by atoms with Gasteiger partial charge in [-0.25, -0.2) is 14.6 Å². The second-order valence-corrected chi connectivity index (χ2v) is 4.20. The molecule has 1 amide bonds. The number of ether oxygens (including phenoxy) is 1. The number of hydrogen-bond acceptors (Lipinski definition) is 3. The number of nitrogens with two attached hydrogens (primary N) is 1. The largest absolute Gasteiger partial charge is 0.486 e. The van der Waals surface area contributed by atoms with Crippen LogP contribution in [0.25, 0.3) is 0 Å². The van der Waals surface area contributed by atoms with Crippen LogP contribution < -0.4 is 16.0 Å². The van der Waals surface area contributed by atoms with E-state index in [1.807, 2.05) is 5.43 Å². The minimum absolute atomic E-state index is 0.187. The number of hydrazine groups is 1. The fourth-order valence-corrected chi connectivity index (χ4v) is 1.13. The van der Waals surface area contributed by atoms with Gasteiger partial charge in [0.05, 0.1) is 5.41 Å². The molecule has 1 aromatic rings. The van der Waals surface area contributed by atoms with Crippen LogP contribution in [0.3, 0.4) is 0 Å².